The van der Waals surface area contributed by atoms with Crippen molar-refractivity contribution in [2.75, 3.05) is 24.9 Å². The van der Waals surface area contributed by atoms with Crippen molar-refractivity contribution in [3.63, 3.8) is 0 Å². The van der Waals surface area contributed by atoms with Gasteiger partial charge >= 0.3 is 12.2 Å². The Labute approximate surface area is 208 Å². The molecule has 0 unspecified atom stereocenters. The Hall–Kier alpha value is -4.98. The Kier molecular flexibility index (Phi) is 7.67. The first kappa shape index (κ1) is 24.2. The summed E-state index contributed by atoms with van der Waals surface area (Å²) >= 11 is 0. The highest BCUT2D eigenvalue weighted by molar-refractivity contribution is 5.85. The molecule has 0 bridgehead atoms. The maximum absolute atomic E-state index is 11.3. The summed E-state index contributed by atoms with van der Waals surface area (Å²) in [6, 6.07) is 29.5. The van der Waals surface area contributed by atoms with E-state index in [0.29, 0.717) is 34.4 Å². The zero-order chi connectivity index (χ0) is 25.3. The van der Waals surface area contributed by atoms with Crippen molar-refractivity contribution < 1.29 is 28.5 Å². The van der Waals surface area contributed by atoms with Gasteiger partial charge in [-0.05, 0) is 83.9 Å². The van der Waals surface area contributed by atoms with Crippen LogP contribution in [0.5, 0.6) is 23.0 Å². The zero-order valence-corrected chi connectivity index (χ0v) is 19.7. The highest BCUT2D eigenvalue weighted by Gasteiger charge is 2.05. The number of anilines is 2. The van der Waals surface area contributed by atoms with E-state index in [1.165, 1.54) is 14.2 Å². The van der Waals surface area contributed by atoms with Gasteiger partial charge in [0.25, 0.3) is 0 Å². The van der Waals surface area contributed by atoms with E-state index in [1.807, 2.05) is 48.5 Å². The van der Waals surface area contributed by atoms with Crippen LogP contribution in [-0.4, -0.2) is 26.4 Å². The second kappa shape index (κ2) is 11.4. The summed E-state index contributed by atoms with van der Waals surface area (Å²) in [5.41, 5.74) is 3.30. The molecule has 182 valence electrons. The van der Waals surface area contributed by atoms with E-state index in [0.717, 1.165) is 11.1 Å². The molecule has 8 nitrogen and oxygen atoms in total. The van der Waals surface area contributed by atoms with Gasteiger partial charge in [0.2, 0.25) is 0 Å². The van der Waals surface area contributed by atoms with Crippen molar-refractivity contribution in [1.29, 1.82) is 0 Å². The Morgan fingerprint density at radius 1 is 0.472 bits per heavy atom. The number of ether oxygens (including phenoxy) is 4. The molecule has 0 fully saturated rings. The number of hydrogen-bond acceptors (Lipinski definition) is 6. The maximum atomic E-state index is 11.3. The van der Waals surface area contributed by atoms with Gasteiger partial charge in [0, 0.05) is 11.4 Å². The summed E-state index contributed by atoms with van der Waals surface area (Å²) in [7, 11) is 2.63. The lowest BCUT2D eigenvalue weighted by molar-refractivity contribution is 0.186. The molecular formula is C28H24N2O6. The molecule has 0 saturated heterocycles. The van der Waals surface area contributed by atoms with E-state index < -0.39 is 12.2 Å². The Balaban J connectivity index is 1.34. The van der Waals surface area contributed by atoms with Crippen LogP contribution in [0.2, 0.25) is 0 Å². The molecule has 0 spiro atoms. The average Bonchev–Trinajstić information content (AvgIpc) is 2.91. The summed E-state index contributed by atoms with van der Waals surface area (Å²) in [6.45, 7) is 0. The summed E-state index contributed by atoms with van der Waals surface area (Å²) in [4.78, 5) is 22.5. The highest BCUT2D eigenvalue weighted by Crippen LogP contribution is 2.29. The second-order valence-corrected chi connectivity index (χ2v) is 7.53. The number of benzene rings is 4. The van der Waals surface area contributed by atoms with E-state index in [4.69, 9.17) is 9.47 Å². The minimum Gasteiger partial charge on any atom is -0.457 e. The van der Waals surface area contributed by atoms with E-state index in [2.05, 4.69) is 20.1 Å². The molecule has 8 heteroatoms. The van der Waals surface area contributed by atoms with Gasteiger partial charge in [0.1, 0.15) is 23.0 Å². The third kappa shape index (κ3) is 6.54. The smallest absolute Gasteiger partial charge is 0.411 e. The van der Waals surface area contributed by atoms with Crippen molar-refractivity contribution in [2.45, 2.75) is 0 Å². The monoisotopic (exact) mass is 484 g/mol. The first-order valence-corrected chi connectivity index (χ1v) is 11.0. The molecule has 2 N–H and O–H groups in total. The molecule has 2 amide bonds. The molecule has 4 aromatic carbocycles. The second-order valence-electron chi connectivity index (χ2n) is 7.53. The predicted octanol–water partition coefficient (Wildman–Crippen LogP) is 7.29. The zero-order valence-electron chi connectivity index (χ0n) is 19.7. The van der Waals surface area contributed by atoms with Crippen LogP contribution in [0.4, 0.5) is 21.0 Å². The molecular weight excluding hydrogens is 460 g/mol. The van der Waals surface area contributed by atoms with Crippen LogP contribution in [-0.2, 0) is 9.47 Å². The summed E-state index contributed by atoms with van der Waals surface area (Å²) < 4.78 is 20.9. The fourth-order valence-corrected chi connectivity index (χ4v) is 3.25. The number of hydrogen-bond donors (Lipinski definition) is 2. The first-order valence-electron chi connectivity index (χ1n) is 11.0. The number of nitrogens with one attached hydrogen (secondary N) is 2. The van der Waals surface area contributed by atoms with E-state index in [9.17, 15) is 9.59 Å². The molecule has 0 aliphatic carbocycles. The summed E-state index contributed by atoms with van der Waals surface area (Å²) in [5.74, 6) is 2.68. The largest absolute Gasteiger partial charge is 0.457 e. The van der Waals surface area contributed by atoms with Crippen molar-refractivity contribution in [3.8, 4) is 34.1 Å². The lowest BCUT2D eigenvalue weighted by atomic mass is 10.1. The van der Waals surface area contributed by atoms with Gasteiger partial charge < -0.3 is 18.9 Å². The van der Waals surface area contributed by atoms with Gasteiger partial charge in [-0.3, -0.25) is 10.6 Å². The molecule has 4 aromatic rings. The molecule has 0 atom stereocenters. The fourth-order valence-electron chi connectivity index (χ4n) is 3.25. The Morgan fingerprint density at radius 2 is 0.750 bits per heavy atom. The van der Waals surface area contributed by atoms with Crippen LogP contribution < -0.4 is 20.1 Å². The molecule has 0 aliphatic heterocycles. The molecule has 0 aromatic heterocycles. The standard InChI is InChI=1S/C28H24N2O6/c1-33-27(31)29-21-7-15-25(16-8-21)35-23-11-3-19(4-12-23)20-5-13-24(14-6-20)36-26-17-9-22(10-18-26)30-28(32)34-2/h3-18H,1-2H3,(H,29,31)(H,30,32). The normalized spacial score (nSPS) is 10.2. The lowest BCUT2D eigenvalue weighted by Crippen LogP contribution is -2.10. The molecule has 0 aliphatic rings. The van der Waals surface area contributed by atoms with Crippen LogP contribution in [0.15, 0.2) is 97.1 Å². The van der Waals surface area contributed by atoms with E-state index in [-0.39, 0.29) is 0 Å². The number of amides is 2. The topological polar surface area (TPSA) is 95.1 Å². The van der Waals surface area contributed by atoms with E-state index in [1.54, 1.807) is 48.5 Å². The fraction of sp³-hybridized carbons (Fsp3) is 0.0714. The number of methoxy groups -OCH3 is 2. The van der Waals surface area contributed by atoms with Crippen molar-refractivity contribution in [3.05, 3.63) is 97.1 Å². The number of carbonyl (C=O) groups excluding carboxylic acids is 2. The van der Waals surface area contributed by atoms with Gasteiger partial charge in [-0.1, -0.05) is 24.3 Å². The van der Waals surface area contributed by atoms with Gasteiger partial charge in [-0.2, -0.15) is 0 Å². The van der Waals surface area contributed by atoms with Crippen LogP contribution in [0.3, 0.4) is 0 Å². The quantitative estimate of drug-likeness (QED) is 0.286. The molecule has 0 heterocycles. The van der Waals surface area contributed by atoms with Crippen LogP contribution in [0.25, 0.3) is 11.1 Å². The van der Waals surface area contributed by atoms with Crippen LogP contribution >= 0.6 is 0 Å². The van der Waals surface area contributed by atoms with Gasteiger partial charge in [-0.25, -0.2) is 9.59 Å². The SMILES string of the molecule is COC(=O)Nc1ccc(Oc2ccc(-c3ccc(Oc4ccc(NC(=O)OC)cc4)cc3)cc2)cc1. The predicted molar refractivity (Wildman–Crippen MR) is 137 cm³/mol. The molecule has 4 rings (SSSR count). The highest BCUT2D eigenvalue weighted by atomic mass is 16.5. The lowest BCUT2D eigenvalue weighted by Gasteiger charge is -2.10. The van der Waals surface area contributed by atoms with Gasteiger partial charge in [0.05, 0.1) is 14.2 Å². The Bertz CT molecular complexity index is 1200. The van der Waals surface area contributed by atoms with Crippen LogP contribution in [0, 0.1) is 0 Å². The maximum Gasteiger partial charge on any atom is 0.411 e. The summed E-state index contributed by atoms with van der Waals surface area (Å²) in [5, 5.41) is 5.18. The van der Waals surface area contributed by atoms with Crippen molar-refractivity contribution in [1.82, 2.24) is 0 Å². The minimum absolute atomic E-state index is 0.525. The first-order chi connectivity index (χ1) is 17.5. The van der Waals surface area contributed by atoms with Crippen LogP contribution in [0.1, 0.15) is 0 Å². The van der Waals surface area contributed by atoms with E-state index >= 15 is 0 Å². The Morgan fingerprint density at radius 3 is 1.03 bits per heavy atom. The minimum atomic E-state index is -0.525. The molecule has 0 radical (unpaired) electrons. The van der Waals surface area contributed by atoms with Gasteiger partial charge in [-0.15, -0.1) is 0 Å². The summed E-state index contributed by atoms with van der Waals surface area (Å²) in [6.07, 6.45) is -1.05. The van der Waals surface area contributed by atoms with Gasteiger partial charge in [0.15, 0.2) is 0 Å². The average molecular weight is 485 g/mol. The van der Waals surface area contributed by atoms with Crippen molar-refractivity contribution in [2.24, 2.45) is 0 Å². The molecule has 0 saturated carbocycles. The third-order valence-electron chi connectivity index (χ3n) is 5.09. The molecule has 36 heavy (non-hydrogen) atoms. The van der Waals surface area contributed by atoms with Crippen molar-refractivity contribution >= 4 is 23.6 Å². The third-order valence-corrected chi connectivity index (χ3v) is 5.09. The number of carbonyl (C=O) groups is 2. The number of rotatable bonds is 7.